The van der Waals surface area contributed by atoms with E-state index in [-0.39, 0.29) is 0 Å². The molecular weight excluding hydrogens is 320 g/mol. The highest BCUT2D eigenvalue weighted by Gasteiger charge is 2.50. The van der Waals surface area contributed by atoms with Gasteiger partial charge in [0, 0.05) is 0 Å². The zero-order valence-corrected chi connectivity index (χ0v) is 12.0. The molecule has 23 heavy (non-hydrogen) atoms. The minimum atomic E-state index is -1.75. The zero-order chi connectivity index (χ0) is 17.3. The van der Waals surface area contributed by atoms with Crippen molar-refractivity contribution in [1.29, 1.82) is 0 Å². The fourth-order valence-electron chi connectivity index (χ4n) is 2.55. The van der Waals surface area contributed by atoms with E-state index >= 15 is 0 Å². The number of ether oxygens (including phenoxy) is 3. The molecule has 0 aliphatic carbocycles. The van der Waals surface area contributed by atoms with E-state index < -0.39 is 74.6 Å². The summed E-state index contributed by atoms with van der Waals surface area (Å²) in [5.74, 6) is 0. The van der Waals surface area contributed by atoms with Crippen LogP contribution in [-0.2, 0) is 14.2 Å². The van der Waals surface area contributed by atoms with E-state index in [0.29, 0.717) is 0 Å². The van der Waals surface area contributed by atoms with Gasteiger partial charge in [0.15, 0.2) is 12.6 Å². The van der Waals surface area contributed by atoms with Gasteiger partial charge in [-0.2, -0.15) is 0 Å². The summed E-state index contributed by atoms with van der Waals surface area (Å²) in [4.78, 5) is 0. The van der Waals surface area contributed by atoms with Crippen molar-refractivity contribution < 1.29 is 55.1 Å². The summed E-state index contributed by atoms with van der Waals surface area (Å²) in [5, 5.41) is 76.7. The summed E-state index contributed by atoms with van der Waals surface area (Å²) in [6, 6.07) is 0. The minimum absolute atomic E-state index is 0.651. The Labute approximate surface area is 130 Å². The predicted octanol–water partition coefficient (Wildman–Crippen LogP) is -5.40. The largest absolute Gasteiger partial charge is 0.394 e. The van der Waals surface area contributed by atoms with Crippen LogP contribution in [-0.4, -0.2) is 115 Å². The number of hydrogen-bond donors (Lipinski definition) is 8. The molecule has 0 aromatic heterocycles. The first-order valence-electron chi connectivity index (χ1n) is 7.08. The molecule has 0 spiro atoms. The van der Waals surface area contributed by atoms with Crippen molar-refractivity contribution in [2.24, 2.45) is 0 Å². The predicted molar refractivity (Wildman–Crippen MR) is 68.6 cm³/mol. The molecule has 2 fully saturated rings. The molecule has 2 heterocycles. The Bertz CT molecular complexity index is 380. The second-order valence-corrected chi connectivity index (χ2v) is 5.53. The van der Waals surface area contributed by atoms with Crippen LogP contribution in [0.2, 0.25) is 0 Å². The summed E-state index contributed by atoms with van der Waals surface area (Å²) >= 11 is 0. The molecule has 136 valence electrons. The third-order valence-corrected chi connectivity index (χ3v) is 3.98. The Morgan fingerprint density at radius 2 is 1.17 bits per heavy atom. The van der Waals surface area contributed by atoms with Gasteiger partial charge in [-0.3, -0.25) is 0 Å². The summed E-state index contributed by atoms with van der Waals surface area (Å²) in [6.45, 7) is -1.33. The molecule has 0 amide bonds. The van der Waals surface area contributed by atoms with Crippen LogP contribution in [0.1, 0.15) is 0 Å². The number of aliphatic hydroxyl groups excluding tert-OH is 8. The quantitative estimate of drug-likeness (QED) is 0.243. The van der Waals surface area contributed by atoms with Crippen LogP contribution < -0.4 is 0 Å². The standard InChI is InChI=1S/C12H22O11/c13-1-3-6(16)8(18)10(11(20)21-3)23-12-9(19)7(17)5(15)4(2-14)22-12/h3-20H,1-2H2/t3?,4?,5-,6-,7-,8-,9?,10?,11?,12-/m0/s1. The van der Waals surface area contributed by atoms with Gasteiger partial charge in [0.1, 0.15) is 48.8 Å². The van der Waals surface area contributed by atoms with Gasteiger partial charge < -0.3 is 55.1 Å². The van der Waals surface area contributed by atoms with E-state index in [4.69, 9.17) is 24.4 Å². The molecule has 2 aliphatic heterocycles. The van der Waals surface area contributed by atoms with Crippen LogP contribution in [0.3, 0.4) is 0 Å². The van der Waals surface area contributed by atoms with E-state index in [0.717, 1.165) is 0 Å². The molecule has 0 saturated carbocycles. The Kier molecular flexibility index (Phi) is 6.27. The molecule has 11 nitrogen and oxygen atoms in total. The van der Waals surface area contributed by atoms with Crippen LogP contribution in [0.4, 0.5) is 0 Å². The van der Waals surface area contributed by atoms with Crippen molar-refractivity contribution in [2.45, 2.75) is 61.4 Å². The number of hydrogen-bond acceptors (Lipinski definition) is 11. The summed E-state index contributed by atoms with van der Waals surface area (Å²) in [6.07, 6.45) is -15.6. The monoisotopic (exact) mass is 342 g/mol. The Morgan fingerprint density at radius 3 is 1.74 bits per heavy atom. The molecule has 5 unspecified atom stereocenters. The highest BCUT2D eigenvalue weighted by Crippen LogP contribution is 2.28. The maximum atomic E-state index is 9.94. The molecule has 0 radical (unpaired) electrons. The van der Waals surface area contributed by atoms with Crippen LogP contribution in [0, 0.1) is 0 Å². The van der Waals surface area contributed by atoms with Gasteiger partial charge in [-0.1, -0.05) is 0 Å². The average molecular weight is 342 g/mol. The lowest BCUT2D eigenvalue weighted by Gasteiger charge is -2.44. The Hall–Kier alpha value is -0.440. The maximum absolute atomic E-state index is 9.94. The van der Waals surface area contributed by atoms with Crippen molar-refractivity contribution in [2.75, 3.05) is 13.2 Å². The highest BCUT2D eigenvalue weighted by molar-refractivity contribution is 4.93. The fraction of sp³-hybridized carbons (Fsp3) is 1.00. The lowest BCUT2D eigenvalue weighted by molar-refractivity contribution is -0.361. The molecule has 0 aromatic carbocycles. The molecule has 0 bridgehead atoms. The van der Waals surface area contributed by atoms with Crippen molar-refractivity contribution in [3.05, 3.63) is 0 Å². The van der Waals surface area contributed by atoms with Crippen molar-refractivity contribution >= 4 is 0 Å². The SMILES string of the molecule is OCC1OC(O)C(O[C@@H]2OC(CO)[C@H](O)[C@H](O)C2O)[C@@H](O)[C@H]1O. The van der Waals surface area contributed by atoms with Crippen molar-refractivity contribution in [1.82, 2.24) is 0 Å². The van der Waals surface area contributed by atoms with Gasteiger partial charge in [0.2, 0.25) is 0 Å². The molecule has 10 atom stereocenters. The number of rotatable bonds is 4. The number of aliphatic hydroxyl groups is 8. The van der Waals surface area contributed by atoms with Crippen LogP contribution in [0.25, 0.3) is 0 Å². The van der Waals surface area contributed by atoms with E-state index in [1.165, 1.54) is 0 Å². The van der Waals surface area contributed by atoms with Crippen molar-refractivity contribution in [3.63, 3.8) is 0 Å². The smallest absolute Gasteiger partial charge is 0.187 e. The highest BCUT2D eigenvalue weighted by atomic mass is 16.7. The summed E-state index contributed by atoms with van der Waals surface area (Å²) in [7, 11) is 0. The van der Waals surface area contributed by atoms with Gasteiger partial charge in [0.05, 0.1) is 13.2 Å². The molecule has 2 rings (SSSR count). The molecule has 2 aliphatic rings. The lowest BCUT2D eigenvalue weighted by atomic mass is 9.97. The fourth-order valence-corrected chi connectivity index (χ4v) is 2.55. The van der Waals surface area contributed by atoms with Gasteiger partial charge in [-0.05, 0) is 0 Å². The molecule has 0 aromatic rings. The van der Waals surface area contributed by atoms with Crippen LogP contribution in [0.5, 0.6) is 0 Å². The first-order chi connectivity index (χ1) is 10.8. The summed E-state index contributed by atoms with van der Waals surface area (Å²) < 4.78 is 15.1. The Balaban J connectivity index is 2.08. The van der Waals surface area contributed by atoms with Gasteiger partial charge >= 0.3 is 0 Å². The second kappa shape index (κ2) is 7.63. The van der Waals surface area contributed by atoms with E-state index in [2.05, 4.69) is 0 Å². The zero-order valence-electron chi connectivity index (χ0n) is 12.0. The average Bonchev–Trinajstić information content (AvgIpc) is 2.54. The maximum Gasteiger partial charge on any atom is 0.187 e. The van der Waals surface area contributed by atoms with Gasteiger partial charge in [-0.15, -0.1) is 0 Å². The molecule has 8 N–H and O–H groups in total. The second-order valence-electron chi connectivity index (χ2n) is 5.53. The summed E-state index contributed by atoms with van der Waals surface area (Å²) in [5.41, 5.74) is 0. The lowest BCUT2D eigenvalue weighted by Crippen LogP contribution is -2.64. The topological polar surface area (TPSA) is 190 Å². The van der Waals surface area contributed by atoms with Crippen LogP contribution in [0.15, 0.2) is 0 Å². The van der Waals surface area contributed by atoms with Crippen molar-refractivity contribution in [3.8, 4) is 0 Å². The van der Waals surface area contributed by atoms with E-state index in [1.54, 1.807) is 0 Å². The van der Waals surface area contributed by atoms with Gasteiger partial charge in [0.25, 0.3) is 0 Å². The first-order valence-corrected chi connectivity index (χ1v) is 7.08. The first kappa shape index (κ1) is 18.9. The van der Waals surface area contributed by atoms with E-state index in [1.807, 2.05) is 0 Å². The molecular formula is C12H22O11. The molecule has 11 heteroatoms. The Morgan fingerprint density at radius 1 is 0.652 bits per heavy atom. The third-order valence-electron chi connectivity index (χ3n) is 3.98. The molecule has 2 saturated heterocycles. The third kappa shape index (κ3) is 3.65. The van der Waals surface area contributed by atoms with Gasteiger partial charge in [-0.25, -0.2) is 0 Å². The minimum Gasteiger partial charge on any atom is -0.394 e. The van der Waals surface area contributed by atoms with Crippen LogP contribution >= 0.6 is 0 Å². The normalized spacial score (nSPS) is 51.7. The van der Waals surface area contributed by atoms with E-state index in [9.17, 15) is 30.6 Å².